The largest absolute Gasteiger partial charge is 0.393 e. The van der Waals surface area contributed by atoms with Crippen LogP contribution in [0.5, 0.6) is 0 Å². The molecule has 1 spiro atoms. The minimum Gasteiger partial charge on any atom is -0.393 e. The van der Waals surface area contributed by atoms with Gasteiger partial charge in [0.1, 0.15) is 0 Å². The fraction of sp³-hybridized carbons (Fsp3) is 1.00. The summed E-state index contributed by atoms with van der Waals surface area (Å²) in [5, 5.41) is 13.3. The van der Waals surface area contributed by atoms with Crippen LogP contribution in [-0.2, 0) is 0 Å². The second-order valence-electron chi connectivity index (χ2n) is 7.22. The third-order valence-corrected chi connectivity index (χ3v) is 5.92. The van der Waals surface area contributed by atoms with Gasteiger partial charge in [-0.25, -0.2) is 0 Å². The lowest BCUT2D eigenvalue weighted by molar-refractivity contribution is 0.162. The van der Waals surface area contributed by atoms with E-state index < -0.39 is 0 Å². The molecule has 2 heteroatoms. The zero-order valence-electron chi connectivity index (χ0n) is 11.7. The van der Waals surface area contributed by atoms with E-state index in [1.165, 1.54) is 57.8 Å². The van der Waals surface area contributed by atoms with Gasteiger partial charge in [-0.15, -0.1) is 0 Å². The van der Waals surface area contributed by atoms with Crippen LogP contribution in [0.2, 0.25) is 0 Å². The number of nitrogens with one attached hydrogen (secondary N) is 1. The van der Waals surface area contributed by atoms with Crippen molar-refractivity contribution < 1.29 is 5.11 Å². The maximum atomic E-state index is 9.55. The van der Waals surface area contributed by atoms with Gasteiger partial charge in [0.15, 0.2) is 0 Å². The van der Waals surface area contributed by atoms with Crippen molar-refractivity contribution in [2.24, 2.45) is 11.3 Å². The van der Waals surface area contributed by atoms with Crippen LogP contribution in [0.4, 0.5) is 0 Å². The zero-order valence-corrected chi connectivity index (χ0v) is 11.7. The molecule has 2 unspecified atom stereocenters. The monoisotopic (exact) mass is 251 g/mol. The fourth-order valence-corrected chi connectivity index (χ4v) is 4.63. The summed E-state index contributed by atoms with van der Waals surface area (Å²) in [5.41, 5.74) is 0.766. The molecule has 0 aromatic carbocycles. The van der Waals surface area contributed by atoms with Crippen LogP contribution in [0.15, 0.2) is 0 Å². The summed E-state index contributed by atoms with van der Waals surface area (Å²) in [4.78, 5) is 0. The normalized spacial score (nSPS) is 36.5. The average molecular weight is 251 g/mol. The Kier molecular flexibility index (Phi) is 3.95. The molecule has 2 N–H and O–H groups in total. The Morgan fingerprint density at radius 1 is 0.944 bits per heavy atom. The molecule has 0 amide bonds. The highest BCUT2D eigenvalue weighted by atomic mass is 16.3. The first kappa shape index (κ1) is 12.9. The van der Waals surface area contributed by atoms with E-state index in [9.17, 15) is 5.11 Å². The highest BCUT2D eigenvalue weighted by Gasteiger charge is 2.37. The van der Waals surface area contributed by atoms with Crippen molar-refractivity contribution in [3.63, 3.8) is 0 Å². The van der Waals surface area contributed by atoms with Gasteiger partial charge in [-0.05, 0) is 75.7 Å². The molecule has 3 saturated carbocycles. The molecule has 2 atom stereocenters. The van der Waals surface area contributed by atoms with E-state index in [0.717, 1.165) is 36.8 Å². The molecule has 3 aliphatic rings. The van der Waals surface area contributed by atoms with Gasteiger partial charge >= 0.3 is 0 Å². The summed E-state index contributed by atoms with van der Waals surface area (Å²) in [5.74, 6) is 0.738. The number of rotatable bonds is 3. The van der Waals surface area contributed by atoms with E-state index in [1.54, 1.807) is 0 Å². The summed E-state index contributed by atoms with van der Waals surface area (Å²) in [6, 6.07) is 0.772. The van der Waals surface area contributed by atoms with Gasteiger partial charge in [-0.2, -0.15) is 0 Å². The highest BCUT2D eigenvalue weighted by molar-refractivity contribution is 4.91. The summed E-state index contributed by atoms with van der Waals surface area (Å²) in [6.07, 6.45) is 15.0. The summed E-state index contributed by atoms with van der Waals surface area (Å²) in [6.45, 7) is 1.15. The third-order valence-electron chi connectivity index (χ3n) is 5.92. The number of aliphatic hydroxyl groups excluding tert-OH is 1. The second kappa shape index (κ2) is 5.50. The number of aliphatic hydroxyl groups is 1. The Balaban J connectivity index is 1.38. The molecule has 0 aromatic rings. The SMILES string of the molecule is OC1CCC(CNC2CCC3(CCCC3)CC2)C1. The molecule has 2 nitrogen and oxygen atoms in total. The average Bonchev–Trinajstić information content (AvgIpc) is 2.99. The van der Waals surface area contributed by atoms with Gasteiger partial charge in [-0.3, -0.25) is 0 Å². The van der Waals surface area contributed by atoms with E-state index >= 15 is 0 Å². The van der Waals surface area contributed by atoms with Crippen molar-refractivity contribution in [1.29, 1.82) is 0 Å². The minimum absolute atomic E-state index is 0.00934. The summed E-state index contributed by atoms with van der Waals surface area (Å²) < 4.78 is 0. The van der Waals surface area contributed by atoms with Crippen LogP contribution in [0.1, 0.15) is 70.6 Å². The Morgan fingerprint density at radius 3 is 2.28 bits per heavy atom. The van der Waals surface area contributed by atoms with Crippen LogP contribution < -0.4 is 5.32 Å². The molecular formula is C16H29NO. The Hall–Kier alpha value is -0.0800. The van der Waals surface area contributed by atoms with E-state index in [1.807, 2.05) is 0 Å². The maximum absolute atomic E-state index is 9.55. The molecule has 0 bridgehead atoms. The smallest absolute Gasteiger partial charge is 0.0543 e. The van der Waals surface area contributed by atoms with Crippen LogP contribution >= 0.6 is 0 Å². The lowest BCUT2D eigenvalue weighted by Crippen LogP contribution is -2.38. The van der Waals surface area contributed by atoms with Gasteiger partial charge in [0, 0.05) is 6.04 Å². The van der Waals surface area contributed by atoms with E-state index in [4.69, 9.17) is 0 Å². The molecule has 0 saturated heterocycles. The van der Waals surface area contributed by atoms with Crippen molar-refractivity contribution >= 4 is 0 Å². The fourth-order valence-electron chi connectivity index (χ4n) is 4.63. The first-order valence-electron chi connectivity index (χ1n) is 8.17. The Bertz CT molecular complexity index is 262. The summed E-state index contributed by atoms with van der Waals surface area (Å²) >= 11 is 0. The van der Waals surface area contributed by atoms with Crippen LogP contribution in [0, 0.1) is 11.3 Å². The Morgan fingerprint density at radius 2 is 1.67 bits per heavy atom. The van der Waals surface area contributed by atoms with Crippen LogP contribution in [-0.4, -0.2) is 23.8 Å². The molecule has 0 radical (unpaired) electrons. The van der Waals surface area contributed by atoms with E-state index in [-0.39, 0.29) is 6.10 Å². The molecule has 3 rings (SSSR count). The van der Waals surface area contributed by atoms with Crippen molar-refractivity contribution in [2.45, 2.75) is 82.8 Å². The van der Waals surface area contributed by atoms with Crippen molar-refractivity contribution in [1.82, 2.24) is 5.32 Å². The molecular weight excluding hydrogens is 222 g/mol. The van der Waals surface area contributed by atoms with E-state index in [0.29, 0.717) is 0 Å². The Labute approximate surface area is 112 Å². The first-order chi connectivity index (χ1) is 8.76. The van der Waals surface area contributed by atoms with Crippen molar-refractivity contribution in [2.75, 3.05) is 6.54 Å². The van der Waals surface area contributed by atoms with Gasteiger partial charge in [-0.1, -0.05) is 12.8 Å². The molecule has 104 valence electrons. The second-order valence-corrected chi connectivity index (χ2v) is 7.22. The van der Waals surface area contributed by atoms with Crippen molar-refractivity contribution in [3.8, 4) is 0 Å². The minimum atomic E-state index is -0.00934. The van der Waals surface area contributed by atoms with Crippen LogP contribution in [0.3, 0.4) is 0 Å². The van der Waals surface area contributed by atoms with Gasteiger partial charge < -0.3 is 10.4 Å². The molecule has 0 heterocycles. The molecule has 3 aliphatic carbocycles. The predicted octanol–water partition coefficient (Wildman–Crippen LogP) is 3.24. The zero-order chi connectivity index (χ0) is 12.4. The number of hydrogen-bond acceptors (Lipinski definition) is 2. The topological polar surface area (TPSA) is 32.3 Å². The lowest BCUT2D eigenvalue weighted by Gasteiger charge is -2.38. The highest BCUT2D eigenvalue weighted by Crippen LogP contribution is 2.48. The first-order valence-corrected chi connectivity index (χ1v) is 8.17. The van der Waals surface area contributed by atoms with Crippen molar-refractivity contribution in [3.05, 3.63) is 0 Å². The standard InChI is InChI=1S/C16H29NO/c18-15-4-3-13(11-15)12-17-14-5-9-16(10-6-14)7-1-2-8-16/h13-15,17-18H,1-12H2. The molecule has 0 aromatic heterocycles. The summed E-state index contributed by atoms with van der Waals surface area (Å²) in [7, 11) is 0. The van der Waals surface area contributed by atoms with Crippen LogP contribution in [0.25, 0.3) is 0 Å². The van der Waals surface area contributed by atoms with Gasteiger partial charge in [0.25, 0.3) is 0 Å². The van der Waals surface area contributed by atoms with Gasteiger partial charge in [0.2, 0.25) is 0 Å². The maximum Gasteiger partial charge on any atom is 0.0543 e. The molecule has 0 aliphatic heterocycles. The lowest BCUT2D eigenvalue weighted by atomic mass is 9.71. The third kappa shape index (κ3) is 2.91. The number of hydrogen-bond donors (Lipinski definition) is 2. The van der Waals surface area contributed by atoms with E-state index in [2.05, 4.69) is 5.32 Å². The predicted molar refractivity (Wildman–Crippen MR) is 74.5 cm³/mol. The molecule has 18 heavy (non-hydrogen) atoms. The molecule has 3 fully saturated rings. The van der Waals surface area contributed by atoms with Gasteiger partial charge in [0.05, 0.1) is 6.10 Å². The quantitative estimate of drug-likeness (QED) is 0.807.